The fraction of sp³-hybridized carbons (Fsp3) is 0.385. The molecule has 3 N–H and O–H groups in total. The van der Waals surface area contributed by atoms with Crippen LogP contribution in [0, 0.1) is 0 Å². The summed E-state index contributed by atoms with van der Waals surface area (Å²) in [6.07, 6.45) is 12.9. The molecule has 0 amide bonds. The second kappa shape index (κ2) is 4.39. The predicted octanol–water partition coefficient (Wildman–Crippen LogP) is 2.72. The minimum Gasteiger partial charge on any atom is -0.400 e. The molecule has 0 aliphatic heterocycles. The average Bonchev–Trinajstić information content (AvgIpc) is 2.25. The van der Waals surface area contributed by atoms with Crippen molar-refractivity contribution in [1.29, 1.82) is 0 Å². The first kappa shape index (κ1) is 10.1. The van der Waals surface area contributed by atoms with Crippen LogP contribution in [0.4, 0.5) is 0 Å². The summed E-state index contributed by atoms with van der Waals surface area (Å²) in [4.78, 5) is 0. The topological polar surface area (TPSA) is 38.0 Å². The van der Waals surface area contributed by atoms with Gasteiger partial charge in [0.2, 0.25) is 0 Å². The highest BCUT2D eigenvalue weighted by atomic mass is 14.9. The highest BCUT2D eigenvalue weighted by Crippen LogP contribution is 2.20. The van der Waals surface area contributed by atoms with Crippen molar-refractivity contribution in [3.63, 3.8) is 0 Å². The average molecular weight is 202 g/mol. The highest BCUT2D eigenvalue weighted by Gasteiger charge is 2.09. The van der Waals surface area contributed by atoms with Gasteiger partial charge in [-0.2, -0.15) is 0 Å². The van der Waals surface area contributed by atoms with Crippen LogP contribution in [-0.2, 0) is 0 Å². The van der Waals surface area contributed by atoms with Gasteiger partial charge in [0, 0.05) is 11.4 Å². The molecule has 2 nitrogen and oxygen atoms in total. The molecule has 0 aromatic heterocycles. The van der Waals surface area contributed by atoms with Crippen LogP contribution in [0.5, 0.6) is 0 Å². The molecule has 0 fully saturated rings. The fourth-order valence-electron chi connectivity index (χ4n) is 1.87. The summed E-state index contributed by atoms with van der Waals surface area (Å²) in [6.45, 7) is 2.16. The summed E-state index contributed by atoms with van der Waals surface area (Å²) >= 11 is 0. The maximum absolute atomic E-state index is 5.99. The third-order valence-corrected chi connectivity index (χ3v) is 2.83. The lowest BCUT2D eigenvalue weighted by Gasteiger charge is -2.19. The Morgan fingerprint density at radius 1 is 1.27 bits per heavy atom. The van der Waals surface area contributed by atoms with Crippen LogP contribution in [0.1, 0.15) is 32.6 Å². The van der Waals surface area contributed by atoms with Crippen molar-refractivity contribution in [2.75, 3.05) is 0 Å². The molecule has 0 spiro atoms. The summed E-state index contributed by atoms with van der Waals surface area (Å²) < 4.78 is 0. The second-order valence-corrected chi connectivity index (χ2v) is 4.21. The van der Waals surface area contributed by atoms with Crippen LogP contribution in [0.2, 0.25) is 0 Å². The molecule has 0 atom stereocenters. The molecule has 15 heavy (non-hydrogen) atoms. The smallest absolute Gasteiger partial charge is 0.0572 e. The van der Waals surface area contributed by atoms with E-state index in [1.165, 1.54) is 11.3 Å². The highest BCUT2D eigenvalue weighted by molar-refractivity contribution is 5.34. The zero-order valence-electron chi connectivity index (χ0n) is 9.22. The minimum absolute atomic E-state index is 0.980. The van der Waals surface area contributed by atoms with Gasteiger partial charge in [0.05, 0.1) is 5.70 Å². The molecule has 0 heterocycles. The summed E-state index contributed by atoms with van der Waals surface area (Å²) in [5, 5.41) is 3.43. The van der Waals surface area contributed by atoms with E-state index in [0.29, 0.717) is 0 Å². The molecular weight excluding hydrogens is 184 g/mol. The monoisotopic (exact) mass is 202 g/mol. The fourth-order valence-corrected chi connectivity index (χ4v) is 1.87. The van der Waals surface area contributed by atoms with Gasteiger partial charge >= 0.3 is 0 Å². The lowest BCUT2D eigenvalue weighted by atomic mass is 10.0. The number of hydrogen-bond acceptors (Lipinski definition) is 2. The van der Waals surface area contributed by atoms with E-state index in [0.717, 1.165) is 37.1 Å². The molecule has 0 aromatic rings. The van der Waals surface area contributed by atoms with E-state index in [2.05, 4.69) is 36.5 Å². The third kappa shape index (κ3) is 2.52. The molecule has 80 valence electrons. The molecule has 0 unspecified atom stereocenters. The van der Waals surface area contributed by atoms with Crippen molar-refractivity contribution in [1.82, 2.24) is 5.32 Å². The van der Waals surface area contributed by atoms with Crippen molar-refractivity contribution >= 4 is 0 Å². The van der Waals surface area contributed by atoms with Gasteiger partial charge in [0.15, 0.2) is 0 Å². The number of nitrogens with two attached hydrogens (primary N) is 1. The number of nitrogens with one attached hydrogen (secondary N) is 1. The van der Waals surface area contributed by atoms with Gasteiger partial charge in [-0.3, -0.25) is 0 Å². The molecule has 2 heteroatoms. The summed E-state index contributed by atoms with van der Waals surface area (Å²) in [7, 11) is 0. The van der Waals surface area contributed by atoms with Gasteiger partial charge in [0.25, 0.3) is 0 Å². The first-order valence-corrected chi connectivity index (χ1v) is 5.54. The van der Waals surface area contributed by atoms with E-state index in [-0.39, 0.29) is 0 Å². The zero-order chi connectivity index (χ0) is 10.7. The van der Waals surface area contributed by atoms with E-state index < -0.39 is 0 Å². The van der Waals surface area contributed by atoms with Crippen molar-refractivity contribution in [2.45, 2.75) is 32.6 Å². The molecule has 0 bridgehead atoms. The van der Waals surface area contributed by atoms with Crippen molar-refractivity contribution in [3.05, 3.63) is 47.0 Å². The number of hydrogen-bond donors (Lipinski definition) is 2. The number of rotatable bonds is 2. The third-order valence-electron chi connectivity index (χ3n) is 2.83. The Kier molecular flexibility index (Phi) is 2.95. The summed E-state index contributed by atoms with van der Waals surface area (Å²) in [5.74, 6) is 0. The van der Waals surface area contributed by atoms with Crippen molar-refractivity contribution in [2.24, 2.45) is 5.73 Å². The van der Waals surface area contributed by atoms with E-state index in [1.54, 1.807) is 0 Å². The molecule has 0 saturated carbocycles. The van der Waals surface area contributed by atoms with Gasteiger partial charge in [-0.05, 0) is 44.8 Å². The van der Waals surface area contributed by atoms with E-state index in [1.807, 2.05) is 0 Å². The summed E-state index contributed by atoms with van der Waals surface area (Å²) in [5.41, 5.74) is 10.7. The van der Waals surface area contributed by atoms with E-state index in [4.69, 9.17) is 5.73 Å². The van der Waals surface area contributed by atoms with Crippen molar-refractivity contribution < 1.29 is 0 Å². The van der Waals surface area contributed by atoms with E-state index in [9.17, 15) is 0 Å². The first-order chi connectivity index (χ1) is 7.25. The van der Waals surface area contributed by atoms with Crippen LogP contribution in [0.3, 0.4) is 0 Å². The van der Waals surface area contributed by atoms with Gasteiger partial charge in [-0.15, -0.1) is 0 Å². The Morgan fingerprint density at radius 2 is 2.13 bits per heavy atom. The van der Waals surface area contributed by atoms with Crippen LogP contribution in [0.15, 0.2) is 47.0 Å². The first-order valence-electron chi connectivity index (χ1n) is 5.54. The van der Waals surface area contributed by atoms with Gasteiger partial charge in [0.1, 0.15) is 0 Å². The molecule has 0 saturated heterocycles. The molecule has 2 rings (SSSR count). The Morgan fingerprint density at radius 3 is 2.87 bits per heavy atom. The lowest BCUT2D eigenvalue weighted by molar-refractivity contribution is 0.795. The Labute approximate surface area is 91.2 Å². The molecule has 0 radical (unpaired) electrons. The Bertz CT molecular complexity index is 370. The number of allylic oxidation sites excluding steroid dienone is 7. The van der Waals surface area contributed by atoms with Gasteiger partial charge in [-0.25, -0.2) is 0 Å². The summed E-state index contributed by atoms with van der Waals surface area (Å²) in [6, 6.07) is 0. The van der Waals surface area contributed by atoms with Gasteiger partial charge < -0.3 is 11.1 Å². The van der Waals surface area contributed by atoms with E-state index >= 15 is 0 Å². The normalized spacial score (nSPS) is 21.1. The minimum atomic E-state index is 0.980. The lowest BCUT2D eigenvalue weighted by Crippen LogP contribution is -2.19. The largest absolute Gasteiger partial charge is 0.400 e. The maximum Gasteiger partial charge on any atom is 0.0572 e. The molecule has 2 aliphatic rings. The zero-order valence-corrected chi connectivity index (χ0v) is 9.22. The SMILES string of the molecule is CC1=CC(NC2=CC=CCC2)=C(N)CC1. The molecular formula is C13H18N2. The second-order valence-electron chi connectivity index (χ2n) is 4.21. The van der Waals surface area contributed by atoms with Crippen LogP contribution < -0.4 is 11.1 Å². The Hall–Kier alpha value is -1.44. The van der Waals surface area contributed by atoms with Crippen LogP contribution in [0.25, 0.3) is 0 Å². The van der Waals surface area contributed by atoms with Gasteiger partial charge in [-0.1, -0.05) is 17.7 Å². The Balaban J connectivity index is 2.11. The standard InChI is InChI=1S/C13H18N2/c1-10-7-8-12(14)13(9-10)15-11-5-3-2-4-6-11/h2-3,5,9,15H,4,6-8,14H2,1H3. The predicted molar refractivity (Wildman–Crippen MR) is 63.8 cm³/mol. The molecule has 0 aromatic carbocycles. The van der Waals surface area contributed by atoms with Crippen LogP contribution >= 0.6 is 0 Å². The molecule has 2 aliphatic carbocycles. The van der Waals surface area contributed by atoms with Crippen molar-refractivity contribution in [3.8, 4) is 0 Å². The quantitative estimate of drug-likeness (QED) is 0.722. The van der Waals surface area contributed by atoms with Crippen LogP contribution in [-0.4, -0.2) is 0 Å². The maximum atomic E-state index is 5.99.